The Morgan fingerprint density at radius 3 is 2.65 bits per heavy atom. The van der Waals surface area contributed by atoms with E-state index in [1.165, 1.54) is 5.56 Å². The number of nitrogens with zero attached hydrogens (tertiary/aromatic N) is 3. The summed E-state index contributed by atoms with van der Waals surface area (Å²) in [4.78, 5) is 18.1. The van der Waals surface area contributed by atoms with Crippen molar-refractivity contribution < 1.29 is 14.3 Å². The van der Waals surface area contributed by atoms with Crippen LogP contribution in [-0.4, -0.2) is 32.6 Å². The van der Waals surface area contributed by atoms with Gasteiger partial charge < -0.3 is 14.8 Å². The van der Waals surface area contributed by atoms with Gasteiger partial charge in [0.15, 0.2) is 0 Å². The maximum atomic E-state index is 13.4. The number of unbranched alkanes of at least 4 members (excludes halogenated alkanes) is 1. The molecule has 1 unspecified atom stereocenters. The fourth-order valence-electron chi connectivity index (χ4n) is 4.04. The molecule has 4 rings (SSSR count). The molecule has 7 nitrogen and oxygen atoms in total. The first-order valence-electron chi connectivity index (χ1n) is 12.5. The first-order chi connectivity index (χ1) is 17.8. The average Bonchev–Trinajstić information content (AvgIpc) is 3.25. The monoisotopic (exact) mass is 584 g/mol. The van der Waals surface area contributed by atoms with Gasteiger partial charge in [-0.1, -0.05) is 70.9 Å². The number of esters is 1. The molecule has 0 saturated carbocycles. The van der Waals surface area contributed by atoms with Crippen molar-refractivity contribution in [2.45, 2.75) is 71.4 Å². The van der Waals surface area contributed by atoms with Crippen LogP contribution in [0.1, 0.15) is 63.3 Å². The first-order valence-corrected chi connectivity index (χ1v) is 14.3. The number of aryl methyl sites for hydroxylation is 1. The van der Waals surface area contributed by atoms with Crippen LogP contribution in [0.25, 0.3) is 0 Å². The van der Waals surface area contributed by atoms with Crippen LogP contribution in [0.2, 0.25) is 0 Å². The zero-order valence-corrected chi connectivity index (χ0v) is 24.3. The van der Waals surface area contributed by atoms with Crippen molar-refractivity contribution in [2.24, 2.45) is 0 Å². The molecule has 1 N–H and O–H groups in total. The molecule has 1 aliphatic rings. The third kappa shape index (κ3) is 6.57. The number of hydrogen-bond acceptors (Lipinski definition) is 7. The van der Waals surface area contributed by atoms with Crippen molar-refractivity contribution in [3.8, 4) is 5.75 Å². The van der Waals surface area contributed by atoms with Crippen molar-refractivity contribution in [3.05, 3.63) is 74.9 Å². The Labute approximate surface area is 231 Å². The maximum Gasteiger partial charge on any atom is 0.338 e. The van der Waals surface area contributed by atoms with Crippen molar-refractivity contribution in [1.82, 2.24) is 14.8 Å². The number of carbonyl (C=O) groups excluding carboxylic acids is 1. The molecule has 9 heteroatoms. The molecule has 3 aromatic rings. The minimum absolute atomic E-state index is 0.259. The van der Waals surface area contributed by atoms with E-state index >= 15 is 0 Å². The van der Waals surface area contributed by atoms with Crippen molar-refractivity contribution in [1.29, 1.82) is 0 Å². The molecule has 196 valence electrons. The van der Waals surface area contributed by atoms with E-state index in [9.17, 15) is 4.79 Å². The number of hydrogen-bond donors (Lipinski definition) is 1. The Hall–Kier alpha value is -2.78. The van der Waals surface area contributed by atoms with E-state index in [2.05, 4.69) is 59.4 Å². The topological polar surface area (TPSA) is 78.3 Å². The van der Waals surface area contributed by atoms with Gasteiger partial charge in [-0.2, -0.15) is 4.98 Å². The highest BCUT2D eigenvalue weighted by atomic mass is 79.9. The number of halogens is 1. The molecule has 1 aliphatic heterocycles. The third-order valence-corrected chi connectivity index (χ3v) is 7.32. The SMILES string of the molecule is CCCCSc1nc2n(n1)C(c1cc(Br)ccc1OCc1ccc(C)cc1)C(C(=O)OC(C)C)=C(C)N2. The second-order valence-electron chi connectivity index (χ2n) is 9.34. The molecule has 1 atom stereocenters. The molecule has 2 heterocycles. The molecule has 37 heavy (non-hydrogen) atoms. The quantitative estimate of drug-likeness (QED) is 0.155. The Morgan fingerprint density at radius 1 is 1.19 bits per heavy atom. The van der Waals surface area contributed by atoms with Gasteiger partial charge >= 0.3 is 5.97 Å². The lowest BCUT2D eigenvalue weighted by Gasteiger charge is -2.29. The second kappa shape index (κ2) is 12.2. The van der Waals surface area contributed by atoms with Crippen LogP contribution in [-0.2, 0) is 16.1 Å². The Kier molecular flexibility index (Phi) is 8.97. The summed E-state index contributed by atoms with van der Waals surface area (Å²) >= 11 is 5.23. The summed E-state index contributed by atoms with van der Waals surface area (Å²) in [6.45, 7) is 10.2. The van der Waals surface area contributed by atoms with E-state index in [0.717, 1.165) is 34.2 Å². The number of ether oxygens (including phenoxy) is 2. The number of carbonyl (C=O) groups is 1. The van der Waals surface area contributed by atoms with Crippen molar-refractivity contribution in [2.75, 3.05) is 11.1 Å². The number of anilines is 1. The molecule has 2 aromatic carbocycles. The van der Waals surface area contributed by atoms with Crippen LogP contribution in [0.4, 0.5) is 5.95 Å². The predicted octanol–water partition coefficient (Wildman–Crippen LogP) is 7.06. The Balaban J connectivity index is 1.77. The zero-order chi connectivity index (χ0) is 26.5. The molecule has 0 bridgehead atoms. The number of rotatable bonds is 10. The lowest BCUT2D eigenvalue weighted by molar-refractivity contribution is -0.143. The maximum absolute atomic E-state index is 13.4. The van der Waals surface area contributed by atoms with E-state index < -0.39 is 12.0 Å². The number of allylic oxidation sites excluding steroid dienone is 1. The van der Waals surface area contributed by atoms with Crippen molar-refractivity contribution in [3.63, 3.8) is 0 Å². The normalized spacial score (nSPS) is 14.9. The largest absolute Gasteiger partial charge is 0.489 e. The molecular formula is C28H33BrN4O3S. The van der Waals surface area contributed by atoms with Gasteiger partial charge in [-0.15, -0.1) is 5.10 Å². The average molecular weight is 586 g/mol. The summed E-state index contributed by atoms with van der Waals surface area (Å²) in [7, 11) is 0. The molecule has 0 aliphatic carbocycles. The van der Waals surface area contributed by atoms with E-state index in [1.54, 1.807) is 16.4 Å². The Morgan fingerprint density at radius 2 is 1.95 bits per heavy atom. The molecular weight excluding hydrogens is 552 g/mol. The lowest BCUT2D eigenvalue weighted by atomic mass is 9.95. The van der Waals surface area contributed by atoms with Crippen LogP contribution >= 0.6 is 27.7 Å². The molecule has 1 aromatic heterocycles. The number of fused-ring (bicyclic) bond motifs is 1. The van der Waals surface area contributed by atoms with Gasteiger partial charge in [0.25, 0.3) is 0 Å². The molecule has 0 fully saturated rings. The van der Waals surface area contributed by atoms with E-state index in [0.29, 0.717) is 34.7 Å². The second-order valence-corrected chi connectivity index (χ2v) is 11.3. The number of aromatic nitrogens is 3. The van der Waals surface area contributed by atoms with Crippen LogP contribution in [0, 0.1) is 6.92 Å². The van der Waals surface area contributed by atoms with E-state index in [4.69, 9.17) is 19.6 Å². The predicted molar refractivity (Wildman–Crippen MR) is 151 cm³/mol. The summed E-state index contributed by atoms with van der Waals surface area (Å²) < 4.78 is 14.7. The van der Waals surface area contributed by atoms with Gasteiger partial charge in [-0.25, -0.2) is 9.48 Å². The van der Waals surface area contributed by atoms with Crippen molar-refractivity contribution >= 4 is 39.6 Å². The van der Waals surface area contributed by atoms with Gasteiger partial charge in [0.05, 0.1) is 11.7 Å². The summed E-state index contributed by atoms with van der Waals surface area (Å²) in [5.74, 6) is 1.80. The standard InChI is InChI=1S/C28H33BrN4O3S/c1-6-7-14-37-28-31-27-30-19(5)24(26(34)36-17(2)3)25(33(27)32-28)22-15-21(29)12-13-23(22)35-16-20-10-8-18(4)9-11-20/h8-13,15,17,25H,6-7,14,16H2,1-5H3,(H,30,31,32). The zero-order valence-electron chi connectivity index (χ0n) is 21.9. The highest BCUT2D eigenvalue weighted by Gasteiger charge is 2.37. The molecule has 0 radical (unpaired) electrons. The minimum atomic E-state index is -0.568. The summed E-state index contributed by atoms with van der Waals surface area (Å²) in [5, 5.41) is 8.76. The Bertz CT molecular complexity index is 1290. The van der Waals surface area contributed by atoms with Gasteiger partial charge in [-0.05, 0) is 57.9 Å². The van der Waals surface area contributed by atoms with Gasteiger partial charge in [0, 0.05) is 21.5 Å². The highest BCUT2D eigenvalue weighted by Crippen LogP contribution is 2.41. The van der Waals surface area contributed by atoms with Crippen LogP contribution in [0.15, 0.2) is 63.4 Å². The smallest absolute Gasteiger partial charge is 0.338 e. The van der Waals surface area contributed by atoms with Crippen LogP contribution in [0.3, 0.4) is 0 Å². The molecule has 0 amide bonds. The van der Waals surface area contributed by atoms with Gasteiger partial charge in [0.1, 0.15) is 18.4 Å². The lowest BCUT2D eigenvalue weighted by Crippen LogP contribution is -2.31. The van der Waals surface area contributed by atoms with Crippen LogP contribution < -0.4 is 10.1 Å². The fourth-order valence-corrected chi connectivity index (χ4v) is 5.33. The highest BCUT2D eigenvalue weighted by molar-refractivity contribution is 9.10. The summed E-state index contributed by atoms with van der Waals surface area (Å²) in [6.07, 6.45) is 1.93. The molecule has 0 spiro atoms. The fraction of sp³-hybridized carbons (Fsp3) is 0.393. The van der Waals surface area contributed by atoms with Crippen LogP contribution in [0.5, 0.6) is 5.75 Å². The first kappa shape index (κ1) is 27.3. The number of benzene rings is 2. The van der Waals surface area contributed by atoms with Gasteiger partial charge in [0.2, 0.25) is 11.1 Å². The molecule has 0 saturated heterocycles. The number of nitrogens with one attached hydrogen (secondary N) is 1. The van der Waals surface area contributed by atoms with E-state index in [-0.39, 0.29) is 6.10 Å². The minimum Gasteiger partial charge on any atom is -0.489 e. The summed E-state index contributed by atoms with van der Waals surface area (Å²) in [6, 6.07) is 13.5. The van der Waals surface area contributed by atoms with E-state index in [1.807, 2.05) is 39.0 Å². The third-order valence-electron chi connectivity index (χ3n) is 5.91. The number of thioether (sulfide) groups is 1. The van der Waals surface area contributed by atoms with Gasteiger partial charge in [-0.3, -0.25) is 0 Å². The summed E-state index contributed by atoms with van der Waals surface area (Å²) in [5.41, 5.74) is 4.23.